The molecule has 1 saturated heterocycles. The summed E-state index contributed by atoms with van der Waals surface area (Å²) < 4.78 is 22.1. The molecule has 1 fully saturated rings. The second-order valence-corrected chi connectivity index (χ2v) is 7.77. The lowest BCUT2D eigenvalue weighted by atomic mass is 10.0. The molecule has 0 aliphatic carbocycles. The van der Waals surface area contributed by atoms with Crippen LogP contribution in [-0.4, -0.2) is 71.2 Å². The van der Waals surface area contributed by atoms with E-state index in [0.29, 0.717) is 0 Å². The monoisotopic (exact) mass is 439 g/mol. The first-order valence-electron chi connectivity index (χ1n) is 8.34. The number of aliphatic hydroxyl groups is 2. The van der Waals surface area contributed by atoms with Crippen molar-refractivity contribution < 1.29 is 43.7 Å². The fraction of sp³-hybridized carbons (Fsp3) is 0.643. The third kappa shape index (κ3) is 5.38. The molecule has 0 saturated carbocycles. The Hall–Kier alpha value is -1.90. The van der Waals surface area contributed by atoms with Crippen LogP contribution in [0.2, 0.25) is 0 Å². The Morgan fingerprint density at radius 3 is 2.52 bits per heavy atom. The van der Waals surface area contributed by atoms with Gasteiger partial charge in [0, 0.05) is 19.8 Å². The van der Waals surface area contributed by atoms with Gasteiger partial charge in [0.25, 0.3) is 5.56 Å². The number of carboxylic acid groups (broad SMARTS) is 1. The highest BCUT2D eigenvalue weighted by Crippen LogP contribution is 2.39. The van der Waals surface area contributed by atoms with E-state index in [1.807, 2.05) is 0 Å². The van der Waals surface area contributed by atoms with Crippen molar-refractivity contribution in [3.8, 4) is 0 Å². The van der Waals surface area contributed by atoms with Gasteiger partial charge in [-0.3, -0.25) is 18.7 Å². The SMILES string of the molecule is Cn1cc([C@@H]2O[C@H](COP(=O)(O)O)[C@@H](O)[C@H]2O)c(=O)n(CC[C@H](N)C(=O)O)c1=O. The maximum atomic E-state index is 12.7. The molecule has 0 spiro atoms. The number of nitrogens with two attached hydrogens (primary N) is 1. The number of rotatable bonds is 8. The second kappa shape index (κ2) is 8.85. The number of carboxylic acids is 1. The molecule has 15 heteroatoms. The third-order valence-corrected chi connectivity index (χ3v) is 4.90. The number of nitrogens with zero attached hydrogens (tertiary/aromatic N) is 2. The Bertz CT molecular complexity index is 922. The summed E-state index contributed by atoms with van der Waals surface area (Å²) in [6.45, 7) is -1.07. The molecule has 164 valence electrons. The molecule has 0 aromatic carbocycles. The minimum absolute atomic E-state index is 0.219. The molecule has 1 aromatic heterocycles. The summed E-state index contributed by atoms with van der Waals surface area (Å²) in [5.41, 5.74) is 3.52. The normalized spacial score (nSPS) is 25.9. The summed E-state index contributed by atoms with van der Waals surface area (Å²) in [5, 5.41) is 29.1. The van der Waals surface area contributed by atoms with Gasteiger partial charge < -0.3 is 40.1 Å². The number of ether oxygens (including phenoxy) is 1. The van der Waals surface area contributed by atoms with Gasteiger partial charge in [-0.25, -0.2) is 9.36 Å². The smallest absolute Gasteiger partial charge is 0.469 e. The van der Waals surface area contributed by atoms with E-state index in [4.69, 9.17) is 25.4 Å². The average Bonchev–Trinajstić information content (AvgIpc) is 2.90. The quantitative estimate of drug-likeness (QED) is 0.218. The Balaban J connectivity index is 2.32. The zero-order valence-electron chi connectivity index (χ0n) is 15.2. The van der Waals surface area contributed by atoms with Gasteiger partial charge >= 0.3 is 19.5 Å². The van der Waals surface area contributed by atoms with E-state index in [2.05, 4.69) is 4.52 Å². The van der Waals surface area contributed by atoms with Crippen LogP contribution in [0.25, 0.3) is 0 Å². The fourth-order valence-electron chi connectivity index (χ4n) is 2.85. The zero-order chi connectivity index (χ0) is 22.1. The molecule has 14 nitrogen and oxygen atoms in total. The maximum Gasteiger partial charge on any atom is 0.469 e. The first-order valence-corrected chi connectivity index (χ1v) is 9.87. The average molecular weight is 439 g/mol. The molecule has 5 atom stereocenters. The minimum Gasteiger partial charge on any atom is -0.480 e. The Morgan fingerprint density at radius 1 is 1.34 bits per heavy atom. The summed E-state index contributed by atoms with van der Waals surface area (Å²) >= 11 is 0. The molecular formula is C14H22N3O11P. The van der Waals surface area contributed by atoms with Crippen molar-refractivity contribution in [1.82, 2.24) is 9.13 Å². The summed E-state index contributed by atoms with van der Waals surface area (Å²) in [6.07, 6.45) is -5.19. The van der Waals surface area contributed by atoms with Crippen LogP contribution in [-0.2, 0) is 32.2 Å². The number of hydrogen-bond acceptors (Lipinski definition) is 9. The predicted octanol–water partition coefficient (Wildman–Crippen LogP) is -3.38. The molecule has 2 rings (SSSR count). The molecule has 7 N–H and O–H groups in total. The molecule has 1 aliphatic rings. The molecule has 0 radical (unpaired) electrons. The van der Waals surface area contributed by atoms with Crippen molar-refractivity contribution in [3.63, 3.8) is 0 Å². The van der Waals surface area contributed by atoms with Crippen molar-refractivity contribution in [1.29, 1.82) is 0 Å². The molecule has 29 heavy (non-hydrogen) atoms. The molecule has 0 amide bonds. The number of phosphoric acid groups is 1. The molecule has 0 bridgehead atoms. The van der Waals surface area contributed by atoms with Gasteiger partial charge in [0.15, 0.2) is 0 Å². The van der Waals surface area contributed by atoms with Gasteiger partial charge in [0.1, 0.15) is 30.5 Å². The standard InChI is InChI=1S/C14H22N3O11P/c1-16-4-6(12(20)17(14(16)23)3-2-7(15)13(21)22)11-10(19)9(18)8(28-11)5-27-29(24,25)26/h4,7-11,18-19H,2-3,5,15H2,1H3,(H,21,22)(H2,24,25,26)/t7-,8+,9+,10+,11-/m0/s1. The van der Waals surface area contributed by atoms with E-state index in [9.17, 15) is 29.2 Å². The van der Waals surface area contributed by atoms with Crippen molar-refractivity contribution >= 4 is 13.8 Å². The van der Waals surface area contributed by atoms with Crippen LogP contribution in [0.3, 0.4) is 0 Å². The summed E-state index contributed by atoms with van der Waals surface area (Å²) in [5.74, 6) is -1.31. The molecule has 0 unspecified atom stereocenters. The Labute approximate surface area is 163 Å². The fourth-order valence-corrected chi connectivity index (χ4v) is 3.19. The van der Waals surface area contributed by atoms with E-state index in [1.165, 1.54) is 7.05 Å². The number of aromatic nitrogens is 2. The van der Waals surface area contributed by atoms with E-state index in [1.54, 1.807) is 0 Å². The van der Waals surface area contributed by atoms with Gasteiger partial charge in [-0.1, -0.05) is 0 Å². The summed E-state index contributed by atoms with van der Waals surface area (Å²) in [6, 6.07) is -1.31. The Morgan fingerprint density at radius 2 is 1.97 bits per heavy atom. The summed E-state index contributed by atoms with van der Waals surface area (Å²) in [4.78, 5) is 53.3. The Kier molecular flexibility index (Phi) is 7.14. The minimum atomic E-state index is -4.86. The van der Waals surface area contributed by atoms with Crippen molar-refractivity contribution in [3.05, 3.63) is 32.6 Å². The van der Waals surface area contributed by atoms with E-state index in [-0.39, 0.29) is 18.5 Å². The third-order valence-electron chi connectivity index (χ3n) is 4.41. The van der Waals surface area contributed by atoms with Crippen LogP contribution in [0.1, 0.15) is 18.1 Å². The first-order chi connectivity index (χ1) is 13.3. The second-order valence-electron chi connectivity index (χ2n) is 6.53. The van der Waals surface area contributed by atoms with Crippen LogP contribution in [0, 0.1) is 0 Å². The number of hydrogen-bond donors (Lipinski definition) is 6. The van der Waals surface area contributed by atoms with Gasteiger partial charge in [-0.15, -0.1) is 0 Å². The highest BCUT2D eigenvalue weighted by atomic mass is 31.2. The van der Waals surface area contributed by atoms with Gasteiger partial charge in [-0.2, -0.15) is 0 Å². The molecule has 2 heterocycles. The van der Waals surface area contributed by atoms with Crippen LogP contribution in [0.15, 0.2) is 15.8 Å². The van der Waals surface area contributed by atoms with Crippen molar-refractivity contribution in [2.45, 2.75) is 43.4 Å². The molecular weight excluding hydrogens is 417 g/mol. The highest BCUT2D eigenvalue weighted by Gasteiger charge is 2.45. The zero-order valence-corrected chi connectivity index (χ0v) is 16.1. The largest absolute Gasteiger partial charge is 0.480 e. The number of aryl methyl sites for hydroxylation is 1. The first kappa shape index (κ1) is 23.4. The number of aliphatic carboxylic acids is 1. The lowest BCUT2D eigenvalue weighted by Gasteiger charge is -2.17. The number of aliphatic hydroxyl groups excluding tert-OH is 2. The van der Waals surface area contributed by atoms with Crippen LogP contribution in [0.5, 0.6) is 0 Å². The van der Waals surface area contributed by atoms with Gasteiger partial charge in [-0.05, 0) is 6.42 Å². The molecule has 1 aliphatic heterocycles. The predicted molar refractivity (Wildman–Crippen MR) is 93.8 cm³/mol. The summed E-state index contributed by atoms with van der Waals surface area (Å²) in [7, 11) is -3.55. The lowest BCUT2D eigenvalue weighted by Crippen LogP contribution is -2.44. The van der Waals surface area contributed by atoms with E-state index >= 15 is 0 Å². The van der Waals surface area contributed by atoms with Gasteiger partial charge in [0.05, 0.1) is 12.2 Å². The highest BCUT2D eigenvalue weighted by molar-refractivity contribution is 7.46. The van der Waals surface area contributed by atoms with Gasteiger partial charge in [0.2, 0.25) is 0 Å². The lowest BCUT2D eigenvalue weighted by molar-refractivity contribution is -0.138. The molecule has 1 aromatic rings. The van der Waals surface area contributed by atoms with Crippen LogP contribution >= 0.6 is 7.82 Å². The van der Waals surface area contributed by atoms with Crippen molar-refractivity contribution in [2.75, 3.05) is 6.61 Å². The van der Waals surface area contributed by atoms with E-state index in [0.717, 1.165) is 15.3 Å². The number of phosphoric ester groups is 1. The topological polar surface area (TPSA) is 224 Å². The van der Waals surface area contributed by atoms with Crippen LogP contribution < -0.4 is 17.0 Å². The van der Waals surface area contributed by atoms with Crippen molar-refractivity contribution in [2.24, 2.45) is 12.8 Å². The van der Waals surface area contributed by atoms with Crippen LogP contribution in [0.4, 0.5) is 0 Å². The van der Waals surface area contributed by atoms with E-state index < -0.39 is 62.1 Å². The number of carbonyl (C=O) groups is 1. The maximum absolute atomic E-state index is 12.7.